The summed E-state index contributed by atoms with van der Waals surface area (Å²) in [5.74, 6) is -1.22. The van der Waals surface area contributed by atoms with Gasteiger partial charge < -0.3 is 45.1 Å². The van der Waals surface area contributed by atoms with E-state index < -0.39 is 67.4 Å². The van der Waals surface area contributed by atoms with Crippen LogP contribution in [0.25, 0.3) is 0 Å². The molecular formula is C68H117NO10. The number of nitrogens with one attached hydrogen (secondary N) is 1. The van der Waals surface area contributed by atoms with Crippen LogP contribution < -0.4 is 5.32 Å². The van der Waals surface area contributed by atoms with Crippen molar-refractivity contribution in [1.82, 2.24) is 5.32 Å². The molecule has 454 valence electrons. The highest BCUT2D eigenvalue weighted by Gasteiger charge is 2.47. The summed E-state index contributed by atoms with van der Waals surface area (Å²) >= 11 is 0. The SMILES string of the molecule is CC/C=C\C/C=C\C/C=C\C/C=C\C/C=C\CCCCCCCCCC(=O)OC1C(OCC(NC(=O)C(O)CCCCCCC/C=C/C=C/CCCCC)C(O)/C=C/CCCCCCCCCCCCC)OC(CO)C(O)C1O. The molecule has 11 nitrogen and oxygen atoms in total. The van der Waals surface area contributed by atoms with E-state index in [2.05, 4.69) is 111 Å². The predicted octanol–water partition coefficient (Wildman–Crippen LogP) is 15.5. The fourth-order valence-corrected chi connectivity index (χ4v) is 9.43. The van der Waals surface area contributed by atoms with Crippen molar-refractivity contribution in [2.75, 3.05) is 13.2 Å². The second-order valence-electron chi connectivity index (χ2n) is 21.8. The number of rotatable bonds is 53. The number of amides is 1. The molecule has 79 heavy (non-hydrogen) atoms. The van der Waals surface area contributed by atoms with Crippen LogP contribution in [0.5, 0.6) is 0 Å². The Bertz CT molecular complexity index is 1650. The van der Waals surface area contributed by atoms with Gasteiger partial charge in [-0.15, -0.1) is 0 Å². The summed E-state index contributed by atoms with van der Waals surface area (Å²) < 4.78 is 17.6. The quantitative estimate of drug-likeness (QED) is 0.0149. The maximum Gasteiger partial charge on any atom is 0.306 e. The molecule has 1 amide bonds. The highest BCUT2D eigenvalue weighted by Crippen LogP contribution is 2.26. The Labute approximate surface area is 482 Å². The van der Waals surface area contributed by atoms with Gasteiger partial charge in [0.15, 0.2) is 12.4 Å². The van der Waals surface area contributed by atoms with E-state index >= 15 is 0 Å². The summed E-state index contributed by atoms with van der Waals surface area (Å²) in [6.45, 7) is 5.63. The van der Waals surface area contributed by atoms with Gasteiger partial charge in [0.1, 0.15) is 24.4 Å². The number of hydrogen-bond acceptors (Lipinski definition) is 10. The fraction of sp³-hybridized carbons (Fsp3) is 0.735. The van der Waals surface area contributed by atoms with Crippen molar-refractivity contribution in [1.29, 1.82) is 0 Å². The fourth-order valence-electron chi connectivity index (χ4n) is 9.43. The van der Waals surface area contributed by atoms with Crippen molar-refractivity contribution in [2.45, 2.75) is 307 Å². The van der Waals surface area contributed by atoms with Crippen LogP contribution in [0.1, 0.15) is 258 Å². The van der Waals surface area contributed by atoms with Crippen LogP contribution in [-0.4, -0.2) is 99.6 Å². The molecule has 1 aliphatic rings. The number of unbranched alkanes of at least 4 members (excludes halogenated alkanes) is 26. The zero-order valence-corrected chi connectivity index (χ0v) is 50.2. The third-order valence-electron chi connectivity index (χ3n) is 14.5. The summed E-state index contributed by atoms with van der Waals surface area (Å²) in [7, 11) is 0. The van der Waals surface area contributed by atoms with E-state index in [9.17, 15) is 35.1 Å². The minimum absolute atomic E-state index is 0.104. The number of carbonyl (C=O) groups excluding carboxylic acids is 2. The minimum Gasteiger partial charge on any atom is -0.454 e. The molecule has 0 aliphatic carbocycles. The number of hydrogen-bond donors (Lipinski definition) is 6. The predicted molar refractivity (Wildman–Crippen MR) is 329 cm³/mol. The van der Waals surface area contributed by atoms with Crippen molar-refractivity contribution in [2.24, 2.45) is 0 Å². The van der Waals surface area contributed by atoms with Crippen molar-refractivity contribution in [3.05, 3.63) is 97.2 Å². The Hall–Kier alpha value is -3.42. The Balaban J connectivity index is 2.66. The van der Waals surface area contributed by atoms with Gasteiger partial charge in [-0.2, -0.15) is 0 Å². The van der Waals surface area contributed by atoms with Crippen LogP contribution >= 0.6 is 0 Å². The number of aliphatic hydroxyl groups excluding tert-OH is 5. The average molecular weight is 1110 g/mol. The van der Waals surface area contributed by atoms with E-state index in [0.717, 1.165) is 135 Å². The van der Waals surface area contributed by atoms with Gasteiger partial charge in [0, 0.05) is 6.42 Å². The van der Waals surface area contributed by atoms with Crippen LogP contribution in [0.3, 0.4) is 0 Å². The molecular weight excluding hydrogens is 991 g/mol. The molecule has 6 N–H and O–H groups in total. The van der Waals surface area contributed by atoms with E-state index in [0.29, 0.717) is 12.8 Å². The second-order valence-corrected chi connectivity index (χ2v) is 21.8. The molecule has 0 aromatic heterocycles. The molecule has 0 aromatic rings. The van der Waals surface area contributed by atoms with E-state index in [1.165, 1.54) is 77.0 Å². The zero-order valence-electron chi connectivity index (χ0n) is 50.2. The first-order valence-corrected chi connectivity index (χ1v) is 32.0. The number of ether oxygens (including phenoxy) is 3. The molecule has 1 saturated heterocycles. The Morgan fingerprint density at radius 3 is 1.47 bits per heavy atom. The number of esters is 1. The summed E-state index contributed by atoms with van der Waals surface area (Å²) in [5.41, 5.74) is 0. The summed E-state index contributed by atoms with van der Waals surface area (Å²) in [5, 5.41) is 57.0. The van der Waals surface area contributed by atoms with Crippen molar-refractivity contribution >= 4 is 11.9 Å². The summed E-state index contributed by atoms with van der Waals surface area (Å²) in [4.78, 5) is 26.6. The van der Waals surface area contributed by atoms with Crippen LogP contribution in [0.4, 0.5) is 0 Å². The van der Waals surface area contributed by atoms with E-state index in [1.807, 2.05) is 6.08 Å². The lowest BCUT2D eigenvalue weighted by Gasteiger charge is -2.41. The van der Waals surface area contributed by atoms with E-state index in [1.54, 1.807) is 6.08 Å². The van der Waals surface area contributed by atoms with E-state index in [-0.39, 0.29) is 19.4 Å². The third kappa shape index (κ3) is 43.0. The monoisotopic (exact) mass is 1110 g/mol. The van der Waals surface area contributed by atoms with Crippen molar-refractivity contribution < 1.29 is 49.3 Å². The maximum absolute atomic E-state index is 13.4. The Morgan fingerprint density at radius 1 is 0.519 bits per heavy atom. The molecule has 1 fully saturated rings. The van der Waals surface area contributed by atoms with Gasteiger partial charge in [-0.3, -0.25) is 9.59 Å². The van der Waals surface area contributed by atoms with Crippen LogP contribution in [-0.2, 0) is 23.8 Å². The van der Waals surface area contributed by atoms with Crippen LogP contribution in [0.2, 0.25) is 0 Å². The third-order valence-corrected chi connectivity index (χ3v) is 14.5. The maximum atomic E-state index is 13.4. The lowest BCUT2D eigenvalue weighted by Crippen LogP contribution is -2.61. The average Bonchev–Trinajstić information content (AvgIpc) is 3.50. The van der Waals surface area contributed by atoms with Gasteiger partial charge in [0.05, 0.1) is 25.4 Å². The number of aliphatic hydroxyl groups is 5. The molecule has 0 radical (unpaired) electrons. The first kappa shape index (κ1) is 73.6. The number of allylic oxidation sites excluding steroid dienone is 15. The van der Waals surface area contributed by atoms with Gasteiger partial charge >= 0.3 is 5.97 Å². The van der Waals surface area contributed by atoms with Gasteiger partial charge in [0.25, 0.3) is 0 Å². The molecule has 0 bridgehead atoms. The van der Waals surface area contributed by atoms with Crippen LogP contribution in [0, 0.1) is 0 Å². The topological polar surface area (TPSA) is 175 Å². The molecule has 8 atom stereocenters. The molecule has 11 heteroatoms. The lowest BCUT2D eigenvalue weighted by molar-refractivity contribution is -0.305. The summed E-state index contributed by atoms with van der Waals surface area (Å²) in [6.07, 6.45) is 62.9. The van der Waals surface area contributed by atoms with E-state index in [4.69, 9.17) is 14.2 Å². The normalized spacial score (nSPS) is 19.5. The Morgan fingerprint density at radius 2 is 0.949 bits per heavy atom. The minimum atomic E-state index is -1.63. The molecule has 1 heterocycles. The largest absolute Gasteiger partial charge is 0.454 e. The van der Waals surface area contributed by atoms with Crippen molar-refractivity contribution in [3.63, 3.8) is 0 Å². The van der Waals surface area contributed by atoms with Gasteiger partial charge in [0.2, 0.25) is 5.91 Å². The highest BCUT2D eigenvalue weighted by molar-refractivity contribution is 5.80. The number of carbonyl (C=O) groups is 2. The Kier molecular flexibility index (Phi) is 51.4. The zero-order chi connectivity index (χ0) is 57.5. The van der Waals surface area contributed by atoms with Crippen LogP contribution in [0.15, 0.2) is 97.2 Å². The smallest absolute Gasteiger partial charge is 0.306 e. The molecule has 1 rings (SSSR count). The van der Waals surface area contributed by atoms with Gasteiger partial charge in [-0.1, -0.05) is 253 Å². The van der Waals surface area contributed by atoms with Gasteiger partial charge in [-0.25, -0.2) is 0 Å². The molecule has 1 aliphatic heterocycles. The first-order chi connectivity index (χ1) is 38.7. The standard InChI is InChI=1S/C68H117NO10/c1-4-7-10-13-16-19-22-25-27-28-29-30-31-32-33-34-35-38-41-44-47-50-53-56-63(73)79-66-65(75)64(74)62(57-70)78-68(66)77-58-59(60(71)54-51-48-45-42-39-36-24-21-18-15-12-9-6-3)69-67(76)61(72)55-52-49-46-43-40-37-26-23-20-17-14-11-8-5-2/h7,10,16-17,19-20,23,25-27,29-30,32-33,51,54,59-62,64-66,68,70-72,74-75H,4-6,8-9,11-15,18,21-22,24,28,31,34-50,52-53,55-58H2,1-3H3,(H,69,76)/b10-7-,19-16-,20-17+,26-23+,27-25-,30-29-,33-32-,54-51+. The van der Waals surface area contributed by atoms with Gasteiger partial charge in [-0.05, 0) is 96.3 Å². The highest BCUT2D eigenvalue weighted by atomic mass is 16.7. The second kappa shape index (κ2) is 55.1. The lowest BCUT2D eigenvalue weighted by atomic mass is 9.99. The molecule has 0 saturated carbocycles. The molecule has 0 aromatic carbocycles. The molecule has 8 unspecified atom stereocenters. The van der Waals surface area contributed by atoms with Crippen molar-refractivity contribution in [3.8, 4) is 0 Å². The summed E-state index contributed by atoms with van der Waals surface area (Å²) in [6, 6.07) is -1.04. The first-order valence-electron chi connectivity index (χ1n) is 32.0. The molecule has 0 spiro atoms.